The SMILES string of the molecule is CCc1cc(C)cc(CC)c1-c1c(O)cc(C(C)CSc2ccc(C(F)(F)F)cc2)oc1=O. The molecule has 1 unspecified atom stereocenters. The Morgan fingerprint density at radius 2 is 1.58 bits per heavy atom. The number of hydrogen-bond donors (Lipinski definition) is 1. The summed E-state index contributed by atoms with van der Waals surface area (Å²) in [4.78, 5) is 13.6. The van der Waals surface area contributed by atoms with E-state index in [4.69, 9.17) is 4.42 Å². The van der Waals surface area contributed by atoms with Crippen LogP contribution in [-0.2, 0) is 19.0 Å². The monoisotopic (exact) mass is 476 g/mol. The van der Waals surface area contributed by atoms with Crippen molar-refractivity contribution in [2.45, 2.75) is 57.5 Å². The standard InChI is InChI=1S/C26H27F3O3S/c1-5-17-11-15(3)12-18(6-2)23(17)24-21(30)13-22(32-25(24)31)16(4)14-33-20-9-7-19(8-10-20)26(27,28)29/h7-13,16,30H,5-6,14H2,1-4H3. The Hall–Kier alpha value is -2.67. The molecule has 0 bridgehead atoms. The first-order valence-electron chi connectivity index (χ1n) is 10.8. The van der Waals surface area contributed by atoms with Gasteiger partial charge in [-0.3, -0.25) is 0 Å². The lowest BCUT2D eigenvalue weighted by Crippen LogP contribution is -2.11. The van der Waals surface area contributed by atoms with Gasteiger partial charge in [-0.25, -0.2) is 4.79 Å². The zero-order chi connectivity index (χ0) is 24.3. The highest BCUT2D eigenvalue weighted by molar-refractivity contribution is 7.99. The third-order valence-corrected chi connectivity index (χ3v) is 6.85. The lowest BCUT2D eigenvalue weighted by atomic mass is 9.90. The minimum Gasteiger partial charge on any atom is -0.507 e. The minimum atomic E-state index is -4.37. The molecule has 7 heteroatoms. The average Bonchev–Trinajstić information content (AvgIpc) is 2.76. The van der Waals surface area contributed by atoms with Crippen molar-refractivity contribution in [2.24, 2.45) is 0 Å². The Kier molecular flexibility index (Phi) is 7.62. The number of thioether (sulfide) groups is 1. The quantitative estimate of drug-likeness (QED) is 0.362. The van der Waals surface area contributed by atoms with Crippen LogP contribution in [0.2, 0.25) is 0 Å². The van der Waals surface area contributed by atoms with Crippen LogP contribution in [0, 0.1) is 6.92 Å². The Balaban J connectivity index is 1.86. The van der Waals surface area contributed by atoms with Crippen molar-refractivity contribution in [3.63, 3.8) is 0 Å². The lowest BCUT2D eigenvalue weighted by molar-refractivity contribution is -0.137. The van der Waals surface area contributed by atoms with Crippen LogP contribution in [0.4, 0.5) is 13.2 Å². The molecule has 3 aromatic rings. The molecule has 3 nitrogen and oxygen atoms in total. The zero-order valence-electron chi connectivity index (χ0n) is 19.0. The van der Waals surface area contributed by atoms with Crippen LogP contribution in [0.25, 0.3) is 11.1 Å². The molecule has 0 aliphatic heterocycles. The minimum absolute atomic E-state index is 0.124. The van der Waals surface area contributed by atoms with E-state index in [0.29, 0.717) is 29.3 Å². The number of halogens is 3. The third kappa shape index (κ3) is 5.64. The maximum Gasteiger partial charge on any atom is 0.416 e. The van der Waals surface area contributed by atoms with Gasteiger partial charge in [0.2, 0.25) is 0 Å². The molecular weight excluding hydrogens is 449 g/mol. The molecule has 3 rings (SSSR count). The summed E-state index contributed by atoms with van der Waals surface area (Å²) >= 11 is 1.36. The molecule has 0 saturated heterocycles. The van der Waals surface area contributed by atoms with Gasteiger partial charge in [0.05, 0.1) is 5.56 Å². The van der Waals surface area contributed by atoms with Gasteiger partial charge in [-0.2, -0.15) is 13.2 Å². The average molecular weight is 477 g/mol. The van der Waals surface area contributed by atoms with Gasteiger partial charge < -0.3 is 9.52 Å². The maximum atomic E-state index is 13.0. The van der Waals surface area contributed by atoms with E-state index in [9.17, 15) is 23.1 Å². The van der Waals surface area contributed by atoms with Crippen LogP contribution < -0.4 is 5.63 Å². The van der Waals surface area contributed by atoms with Gasteiger partial charge in [0.1, 0.15) is 17.1 Å². The molecule has 176 valence electrons. The van der Waals surface area contributed by atoms with Crippen molar-refractivity contribution in [1.82, 2.24) is 0 Å². The number of aryl methyl sites for hydroxylation is 3. The summed E-state index contributed by atoms with van der Waals surface area (Å²) < 4.78 is 43.8. The molecule has 33 heavy (non-hydrogen) atoms. The van der Waals surface area contributed by atoms with Gasteiger partial charge in [0.15, 0.2) is 0 Å². The molecule has 0 aliphatic rings. The highest BCUT2D eigenvalue weighted by atomic mass is 32.2. The summed E-state index contributed by atoms with van der Waals surface area (Å²) in [5, 5.41) is 10.8. The smallest absolute Gasteiger partial charge is 0.416 e. The molecular formula is C26H27F3O3S. The van der Waals surface area contributed by atoms with Crippen molar-refractivity contribution in [2.75, 3.05) is 5.75 Å². The maximum absolute atomic E-state index is 13.0. The van der Waals surface area contributed by atoms with Gasteiger partial charge in [0, 0.05) is 22.6 Å². The van der Waals surface area contributed by atoms with Crippen molar-refractivity contribution >= 4 is 11.8 Å². The molecule has 0 radical (unpaired) electrons. The number of benzene rings is 2. The first-order valence-corrected chi connectivity index (χ1v) is 11.8. The first kappa shape index (κ1) is 25.0. The van der Waals surface area contributed by atoms with Crippen molar-refractivity contribution < 1.29 is 22.7 Å². The summed E-state index contributed by atoms with van der Waals surface area (Å²) in [5.41, 5.74) is 2.68. The largest absolute Gasteiger partial charge is 0.507 e. The summed E-state index contributed by atoms with van der Waals surface area (Å²) in [6.07, 6.45) is -2.94. The van der Waals surface area contributed by atoms with Crippen molar-refractivity contribution in [1.29, 1.82) is 0 Å². The van der Waals surface area contributed by atoms with E-state index in [1.807, 2.05) is 39.8 Å². The van der Waals surface area contributed by atoms with Gasteiger partial charge in [0.25, 0.3) is 0 Å². The second-order valence-electron chi connectivity index (χ2n) is 8.10. The van der Waals surface area contributed by atoms with E-state index in [-0.39, 0.29) is 17.2 Å². The van der Waals surface area contributed by atoms with Gasteiger partial charge in [-0.15, -0.1) is 11.8 Å². The Bertz CT molecular complexity index is 1160. The van der Waals surface area contributed by atoms with Gasteiger partial charge in [-0.1, -0.05) is 38.5 Å². The van der Waals surface area contributed by atoms with E-state index >= 15 is 0 Å². The number of alkyl halides is 3. The molecule has 0 aliphatic carbocycles. The van der Waals surface area contributed by atoms with Crippen LogP contribution in [-0.4, -0.2) is 10.9 Å². The van der Waals surface area contributed by atoms with Crippen molar-refractivity contribution in [3.05, 3.63) is 80.9 Å². The number of rotatable bonds is 7. The predicted octanol–water partition coefficient (Wildman–Crippen LogP) is 7.36. The number of aromatic hydroxyl groups is 1. The lowest BCUT2D eigenvalue weighted by Gasteiger charge is -2.17. The Morgan fingerprint density at radius 3 is 2.06 bits per heavy atom. The Morgan fingerprint density at radius 1 is 1.00 bits per heavy atom. The fourth-order valence-corrected chi connectivity index (χ4v) is 4.77. The van der Waals surface area contributed by atoms with Crippen molar-refractivity contribution in [3.8, 4) is 16.9 Å². The summed E-state index contributed by atoms with van der Waals surface area (Å²) in [5.74, 6) is 0.446. The van der Waals surface area contributed by atoms with Gasteiger partial charge in [-0.05, 0) is 60.7 Å². The topological polar surface area (TPSA) is 50.4 Å². The zero-order valence-corrected chi connectivity index (χ0v) is 19.9. The third-order valence-electron chi connectivity index (χ3n) is 5.57. The van der Waals surface area contributed by atoms with Crippen LogP contribution >= 0.6 is 11.8 Å². The van der Waals surface area contributed by atoms with E-state index in [0.717, 1.165) is 34.4 Å². The van der Waals surface area contributed by atoms with E-state index in [2.05, 4.69) is 0 Å². The highest BCUT2D eigenvalue weighted by Gasteiger charge is 2.30. The first-order chi connectivity index (χ1) is 15.5. The number of hydrogen-bond acceptors (Lipinski definition) is 4. The fraction of sp³-hybridized carbons (Fsp3) is 0.346. The highest BCUT2D eigenvalue weighted by Crippen LogP contribution is 2.36. The molecule has 2 aromatic carbocycles. The fourth-order valence-electron chi connectivity index (χ4n) is 3.84. The van der Waals surface area contributed by atoms with Crippen LogP contribution in [0.5, 0.6) is 5.75 Å². The van der Waals surface area contributed by atoms with Crippen LogP contribution in [0.3, 0.4) is 0 Å². The summed E-state index contributed by atoms with van der Waals surface area (Å²) in [7, 11) is 0. The van der Waals surface area contributed by atoms with E-state index in [1.54, 1.807) is 0 Å². The molecule has 0 fully saturated rings. The molecule has 1 heterocycles. The predicted molar refractivity (Wildman–Crippen MR) is 126 cm³/mol. The summed E-state index contributed by atoms with van der Waals surface area (Å²) in [6, 6.07) is 10.5. The molecule has 0 amide bonds. The van der Waals surface area contributed by atoms with E-state index in [1.165, 1.54) is 30.0 Å². The second-order valence-corrected chi connectivity index (χ2v) is 9.19. The summed E-state index contributed by atoms with van der Waals surface area (Å²) in [6.45, 7) is 7.86. The molecule has 1 N–H and O–H groups in total. The van der Waals surface area contributed by atoms with Gasteiger partial charge >= 0.3 is 11.8 Å². The normalized spacial score (nSPS) is 12.7. The second kappa shape index (κ2) is 10.1. The van der Waals surface area contributed by atoms with E-state index < -0.39 is 17.4 Å². The van der Waals surface area contributed by atoms with Crippen LogP contribution in [0.1, 0.15) is 54.7 Å². The molecule has 1 aromatic heterocycles. The Labute approximate surface area is 195 Å². The molecule has 1 atom stereocenters. The van der Waals surface area contributed by atoms with Crippen LogP contribution in [0.15, 0.2) is 56.6 Å². The molecule has 0 spiro atoms. The molecule has 0 saturated carbocycles.